The molecule has 0 fully saturated rings. The average molecular weight is 496 g/mol. The number of ether oxygens (including phenoxy) is 1. The minimum Gasteiger partial charge on any atom is -0.464 e. The molecule has 3 amide bonds. The largest absolute Gasteiger partial charge is 0.464 e. The van der Waals surface area contributed by atoms with E-state index in [4.69, 9.17) is 9.15 Å². The van der Waals surface area contributed by atoms with Crippen LogP contribution >= 0.6 is 0 Å². The summed E-state index contributed by atoms with van der Waals surface area (Å²) >= 11 is 0. The Balaban J connectivity index is 1.76. The van der Waals surface area contributed by atoms with Crippen molar-refractivity contribution in [2.45, 2.75) is 40.3 Å². The van der Waals surface area contributed by atoms with Crippen LogP contribution in [0.1, 0.15) is 36.0 Å². The number of anilines is 1. The van der Waals surface area contributed by atoms with Gasteiger partial charge in [-0.15, -0.1) is 0 Å². The van der Waals surface area contributed by atoms with Gasteiger partial charge < -0.3 is 24.3 Å². The van der Waals surface area contributed by atoms with Gasteiger partial charge in [-0.05, 0) is 74.7 Å². The van der Waals surface area contributed by atoms with Crippen LogP contribution in [0.25, 0.3) is 0 Å². The molecule has 0 aliphatic rings. The third kappa shape index (κ3) is 8.53. The quantitative estimate of drug-likeness (QED) is 0.336. The Morgan fingerprint density at radius 1 is 1.00 bits per heavy atom. The van der Waals surface area contributed by atoms with E-state index in [1.807, 2.05) is 57.2 Å². The molecule has 1 aromatic heterocycles. The lowest BCUT2D eigenvalue weighted by molar-refractivity contribution is -0.133. The minimum atomic E-state index is -0.360. The summed E-state index contributed by atoms with van der Waals surface area (Å²) in [5, 5.41) is 2.89. The van der Waals surface area contributed by atoms with E-state index in [0.29, 0.717) is 37.6 Å². The molecule has 0 unspecified atom stereocenters. The van der Waals surface area contributed by atoms with Crippen molar-refractivity contribution in [1.82, 2.24) is 9.80 Å². The van der Waals surface area contributed by atoms with Crippen LogP contribution in [-0.2, 0) is 22.6 Å². The van der Waals surface area contributed by atoms with Crippen LogP contribution in [0.15, 0.2) is 65.1 Å². The van der Waals surface area contributed by atoms with Crippen molar-refractivity contribution in [2.75, 3.05) is 31.6 Å². The Labute approximate surface area is 211 Å². The second-order valence-corrected chi connectivity index (χ2v) is 8.66. The van der Waals surface area contributed by atoms with Gasteiger partial charge in [-0.2, -0.15) is 0 Å². The summed E-state index contributed by atoms with van der Waals surface area (Å²) in [7, 11) is 0. The Bertz CT molecular complexity index is 1130. The standard InChI is InChI=1S/C28H34FN3O4/c1-4-35-16-6-15-31(28(34)30-25-8-5-7-21(2)17-25)20-27(33)32(19-26-14-9-22(3)36-26)18-23-10-12-24(29)13-11-23/h5,7-14,17H,4,6,15-16,18-20H2,1-3H3,(H,30,34). The van der Waals surface area contributed by atoms with Crippen molar-refractivity contribution in [3.05, 3.63) is 89.1 Å². The second-order valence-electron chi connectivity index (χ2n) is 8.66. The molecule has 0 aliphatic heterocycles. The Morgan fingerprint density at radius 3 is 2.44 bits per heavy atom. The van der Waals surface area contributed by atoms with Crippen molar-refractivity contribution in [3.63, 3.8) is 0 Å². The van der Waals surface area contributed by atoms with Crippen LogP contribution in [-0.4, -0.2) is 48.0 Å². The van der Waals surface area contributed by atoms with Crippen LogP contribution in [0.3, 0.4) is 0 Å². The Morgan fingerprint density at radius 2 is 1.78 bits per heavy atom. The molecule has 0 aliphatic carbocycles. The predicted molar refractivity (Wildman–Crippen MR) is 137 cm³/mol. The molecule has 3 rings (SSSR count). The summed E-state index contributed by atoms with van der Waals surface area (Å²) in [6.45, 7) is 7.50. The van der Waals surface area contributed by atoms with Crippen molar-refractivity contribution >= 4 is 17.6 Å². The Hall–Kier alpha value is -3.65. The summed E-state index contributed by atoms with van der Waals surface area (Å²) in [5.41, 5.74) is 2.46. The number of nitrogens with zero attached hydrogens (tertiary/aromatic N) is 2. The maximum Gasteiger partial charge on any atom is 0.322 e. The molecular formula is C28H34FN3O4. The number of furan rings is 1. The smallest absolute Gasteiger partial charge is 0.322 e. The molecule has 36 heavy (non-hydrogen) atoms. The number of halogens is 1. The molecular weight excluding hydrogens is 461 g/mol. The first-order chi connectivity index (χ1) is 17.3. The van der Waals surface area contributed by atoms with E-state index in [-0.39, 0.29) is 37.4 Å². The van der Waals surface area contributed by atoms with Crippen molar-refractivity contribution < 1.29 is 23.1 Å². The zero-order valence-corrected chi connectivity index (χ0v) is 21.1. The summed E-state index contributed by atoms with van der Waals surface area (Å²) in [4.78, 5) is 29.7. The number of hydrogen-bond donors (Lipinski definition) is 1. The van der Waals surface area contributed by atoms with Crippen LogP contribution < -0.4 is 5.32 Å². The van der Waals surface area contributed by atoms with E-state index in [1.165, 1.54) is 17.0 Å². The molecule has 0 saturated heterocycles. The number of hydrogen-bond acceptors (Lipinski definition) is 4. The van der Waals surface area contributed by atoms with E-state index in [9.17, 15) is 14.0 Å². The number of amides is 3. The third-order valence-corrected chi connectivity index (χ3v) is 5.59. The van der Waals surface area contributed by atoms with E-state index < -0.39 is 0 Å². The molecule has 7 nitrogen and oxygen atoms in total. The molecule has 0 saturated carbocycles. The average Bonchev–Trinajstić information content (AvgIpc) is 3.26. The topological polar surface area (TPSA) is 75.0 Å². The monoisotopic (exact) mass is 495 g/mol. The highest BCUT2D eigenvalue weighted by Crippen LogP contribution is 2.15. The van der Waals surface area contributed by atoms with Gasteiger partial charge in [-0.1, -0.05) is 24.3 Å². The molecule has 2 aromatic carbocycles. The SMILES string of the molecule is CCOCCCN(CC(=O)N(Cc1ccc(F)cc1)Cc1ccc(C)o1)C(=O)Nc1cccc(C)c1. The van der Waals surface area contributed by atoms with Crippen LogP contribution in [0, 0.1) is 19.7 Å². The van der Waals surface area contributed by atoms with Gasteiger partial charge in [0.2, 0.25) is 5.91 Å². The van der Waals surface area contributed by atoms with Gasteiger partial charge in [0.15, 0.2) is 0 Å². The van der Waals surface area contributed by atoms with Crippen LogP contribution in [0.4, 0.5) is 14.9 Å². The second kappa shape index (κ2) is 13.4. The number of nitrogens with one attached hydrogen (secondary N) is 1. The number of benzene rings is 2. The number of urea groups is 1. The number of carbonyl (C=O) groups is 2. The van der Waals surface area contributed by atoms with Crippen molar-refractivity contribution in [1.29, 1.82) is 0 Å². The predicted octanol–water partition coefficient (Wildman–Crippen LogP) is 5.53. The van der Waals surface area contributed by atoms with Gasteiger partial charge in [0, 0.05) is 32.0 Å². The fourth-order valence-electron chi connectivity index (χ4n) is 3.74. The van der Waals surface area contributed by atoms with Gasteiger partial charge in [-0.3, -0.25) is 4.79 Å². The molecule has 8 heteroatoms. The highest BCUT2D eigenvalue weighted by atomic mass is 19.1. The van der Waals surface area contributed by atoms with Crippen LogP contribution in [0.2, 0.25) is 0 Å². The molecule has 0 radical (unpaired) electrons. The van der Waals surface area contributed by atoms with E-state index in [1.54, 1.807) is 17.0 Å². The summed E-state index contributed by atoms with van der Waals surface area (Å²) < 4.78 is 24.5. The maximum absolute atomic E-state index is 13.5. The molecule has 0 atom stereocenters. The van der Waals surface area contributed by atoms with Crippen LogP contribution in [0.5, 0.6) is 0 Å². The van der Waals surface area contributed by atoms with E-state index in [2.05, 4.69) is 5.32 Å². The molecule has 0 spiro atoms. The highest BCUT2D eigenvalue weighted by Gasteiger charge is 2.23. The normalized spacial score (nSPS) is 10.8. The highest BCUT2D eigenvalue weighted by molar-refractivity contribution is 5.92. The molecule has 1 heterocycles. The summed E-state index contributed by atoms with van der Waals surface area (Å²) in [6, 6.07) is 16.8. The van der Waals surface area contributed by atoms with Gasteiger partial charge in [-0.25, -0.2) is 9.18 Å². The maximum atomic E-state index is 13.5. The molecule has 0 bridgehead atoms. The molecule has 3 aromatic rings. The Kier molecular flexibility index (Phi) is 10.1. The lowest BCUT2D eigenvalue weighted by Crippen LogP contribution is -2.44. The summed E-state index contributed by atoms with van der Waals surface area (Å²) in [6.07, 6.45) is 0.595. The number of aryl methyl sites for hydroxylation is 2. The van der Waals surface area contributed by atoms with Gasteiger partial charge in [0.05, 0.1) is 6.54 Å². The van der Waals surface area contributed by atoms with Gasteiger partial charge in [0.1, 0.15) is 23.9 Å². The lowest BCUT2D eigenvalue weighted by Gasteiger charge is -2.27. The first kappa shape index (κ1) is 26.9. The van der Waals surface area contributed by atoms with Gasteiger partial charge >= 0.3 is 6.03 Å². The zero-order valence-electron chi connectivity index (χ0n) is 21.1. The molecule has 192 valence electrons. The fourth-order valence-corrected chi connectivity index (χ4v) is 3.74. The third-order valence-electron chi connectivity index (χ3n) is 5.59. The molecule has 1 N–H and O–H groups in total. The van der Waals surface area contributed by atoms with Gasteiger partial charge in [0.25, 0.3) is 0 Å². The fraction of sp³-hybridized carbons (Fsp3) is 0.357. The van der Waals surface area contributed by atoms with Crippen molar-refractivity contribution in [2.24, 2.45) is 0 Å². The number of carbonyl (C=O) groups excluding carboxylic acids is 2. The lowest BCUT2D eigenvalue weighted by atomic mass is 10.2. The summed E-state index contributed by atoms with van der Waals surface area (Å²) in [5.74, 6) is 0.792. The van der Waals surface area contributed by atoms with Crippen molar-refractivity contribution in [3.8, 4) is 0 Å². The van der Waals surface area contributed by atoms with E-state index >= 15 is 0 Å². The number of rotatable bonds is 12. The zero-order chi connectivity index (χ0) is 25.9. The first-order valence-corrected chi connectivity index (χ1v) is 12.1. The minimum absolute atomic E-state index is 0.120. The first-order valence-electron chi connectivity index (χ1n) is 12.1. The van der Waals surface area contributed by atoms with E-state index in [0.717, 1.165) is 16.9 Å².